The van der Waals surface area contributed by atoms with Crippen LogP contribution in [-0.2, 0) is 9.59 Å². The lowest BCUT2D eigenvalue weighted by atomic mass is 10.2. The van der Waals surface area contributed by atoms with E-state index in [1.165, 1.54) is 4.90 Å². The maximum atomic E-state index is 12.2. The van der Waals surface area contributed by atoms with E-state index in [9.17, 15) is 9.59 Å². The molecule has 2 amide bonds. The Morgan fingerprint density at radius 2 is 2.21 bits per heavy atom. The highest BCUT2D eigenvalue weighted by molar-refractivity contribution is 5.87. The minimum Gasteiger partial charge on any atom is -0.477 e. The second-order valence-electron chi connectivity index (χ2n) is 4.30. The number of nitrogens with zero attached hydrogens (tertiary/aromatic N) is 1. The first-order chi connectivity index (χ1) is 9.11. The summed E-state index contributed by atoms with van der Waals surface area (Å²) >= 11 is 0. The van der Waals surface area contributed by atoms with Crippen LogP contribution in [0, 0.1) is 0 Å². The molecule has 1 unspecified atom stereocenters. The van der Waals surface area contributed by atoms with Crippen molar-refractivity contribution >= 4 is 17.5 Å². The molecular formula is C13H17N3O3. The molecule has 1 aliphatic rings. The zero-order valence-corrected chi connectivity index (χ0v) is 10.8. The fraction of sp³-hybridized carbons (Fsp3) is 0.385. The van der Waals surface area contributed by atoms with Gasteiger partial charge in [-0.05, 0) is 19.1 Å². The molecule has 102 valence electrons. The van der Waals surface area contributed by atoms with Crippen LogP contribution in [0.2, 0.25) is 0 Å². The summed E-state index contributed by atoms with van der Waals surface area (Å²) in [5, 5.41) is 3.14. The van der Waals surface area contributed by atoms with E-state index in [2.05, 4.69) is 5.32 Å². The fourth-order valence-corrected chi connectivity index (χ4v) is 1.99. The van der Waals surface area contributed by atoms with Crippen molar-refractivity contribution in [2.24, 2.45) is 5.73 Å². The molecule has 1 aromatic carbocycles. The van der Waals surface area contributed by atoms with Gasteiger partial charge in [-0.15, -0.1) is 0 Å². The zero-order valence-electron chi connectivity index (χ0n) is 10.8. The summed E-state index contributed by atoms with van der Waals surface area (Å²) in [6.45, 7) is 2.51. The molecule has 0 fully saturated rings. The van der Waals surface area contributed by atoms with Crippen molar-refractivity contribution in [1.29, 1.82) is 0 Å². The Bertz CT molecular complexity index is 490. The first-order valence-corrected chi connectivity index (χ1v) is 6.18. The number of para-hydroxylation sites is 2. The van der Waals surface area contributed by atoms with Gasteiger partial charge in [0.1, 0.15) is 5.75 Å². The molecule has 0 aromatic heterocycles. The summed E-state index contributed by atoms with van der Waals surface area (Å²) in [6.07, 6.45) is -0.630. The molecule has 0 saturated carbocycles. The summed E-state index contributed by atoms with van der Waals surface area (Å²) in [7, 11) is 0. The number of anilines is 1. The molecule has 2 rings (SSSR count). The van der Waals surface area contributed by atoms with Gasteiger partial charge in [-0.3, -0.25) is 9.59 Å². The number of hydrogen-bond donors (Lipinski definition) is 2. The topological polar surface area (TPSA) is 84.7 Å². The maximum absolute atomic E-state index is 12.2. The predicted molar refractivity (Wildman–Crippen MR) is 70.8 cm³/mol. The monoisotopic (exact) mass is 263 g/mol. The van der Waals surface area contributed by atoms with Gasteiger partial charge >= 0.3 is 0 Å². The third-order valence-electron chi connectivity index (χ3n) is 2.95. The van der Waals surface area contributed by atoms with Gasteiger partial charge in [0.2, 0.25) is 5.91 Å². The van der Waals surface area contributed by atoms with Crippen LogP contribution in [0.15, 0.2) is 24.3 Å². The smallest absolute Gasteiger partial charge is 0.265 e. The van der Waals surface area contributed by atoms with Gasteiger partial charge in [0.05, 0.1) is 18.8 Å². The lowest BCUT2D eigenvalue weighted by molar-refractivity contribution is -0.140. The minimum atomic E-state index is -0.630. The molecular weight excluding hydrogens is 246 g/mol. The number of hydrogen-bond acceptors (Lipinski definition) is 4. The van der Waals surface area contributed by atoms with Crippen LogP contribution in [0.3, 0.4) is 0 Å². The van der Waals surface area contributed by atoms with Crippen LogP contribution in [-0.4, -0.2) is 42.5 Å². The average molecular weight is 263 g/mol. The molecule has 1 atom stereocenters. The number of ether oxygens (including phenoxy) is 1. The molecule has 1 heterocycles. The highest BCUT2D eigenvalue weighted by Crippen LogP contribution is 2.28. The van der Waals surface area contributed by atoms with E-state index >= 15 is 0 Å². The Morgan fingerprint density at radius 3 is 2.89 bits per heavy atom. The lowest BCUT2D eigenvalue weighted by Crippen LogP contribution is -2.49. The predicted octanol–water partition coefficient (Wildman–Crippen LogP) is 0.193. The van der Waals surface area contributed by atoms with Gasteiger partial charge in [-0.25, -0.2) is 0 Å². The first-order valence-electron chi connectivity index (χ1n) is 6.18. The number of nitrogens with two attached hydrogens (primary N) is 1. The summed E-state index contributed by atoms with van der Waals surface area (Å²) in [6, 6.07) is 7.42. The summed E-state index contributed by atoms with van der Waals surface area (Å²) in [5.41, 5.74) is 5.99. The van der Waals surface area contributed by atoms with Crippen molar-refractivity contribution in [1.82, 2.24) is 4.90 Å². The summed E-state index contributed by atoms with van der Waals surface area (Å²) < 4.78 is 5.65. The third kappa shape index (κ3) is 2.96. The Labute approximate surface area is 111 Å². The number of carbonyl (C=O) groups is 2. The van der Waals surface area contributed by atoms with Gasteiger partial charge in [0.25, 0.3) is 5.91 Å². The van der Waals surface area contributed by atoms with E-state index in [-0.39, 0.29) is 12.5 Å². The van der Waals surface area contributed by atoms with E-state index in [4.69, 9.17) is 10.5 Å². The van der Waals surface area contributed by atoms with Crippen molar-refractivity contribution in [3.8, 4) is 5.75 Å². The average Bonchev–Trinajstić information content (AvgIpc) is 2.43. The number of amides is 2. The van der Waals surface area contributed by atoms with Crippen molar-refractivity contribution in [3.05, 3.63) is 24.3 Å². The number of rotatable bonds is 4. The quantitative estimate of drug-likeness (QED) is 0.812. The van der Waals surface area contributed by atoms with E-state index in [0.717, 1.165) is 5.69 Å². The summed E-state index contributed by atoms with van der Waals surface area (Å²) in [5.74, 6) is -0.120. The highest BCUT2D eigenvalue weighted by atomic mass is 16.5. The second-order valence-corrected chi connectivity index (χ2v) is 4.30. The van der Waals surface area contributed by atoms with Crippen LogP contribution in [0.4, 0.5) is 5.69 Å². The van der Waals surface area contributed by atoms with Gasteiger partial charge in [-0.2, -0.15) is 0 Å². The van der Waals surface area contributed by atoms with E-state index < -0.39 is 12.0 Å². The Kier molecular flexibility index (Phi) is 3.89. The Hall–Kier alpha value is -2.24. The van der Waals surface area contributed by atoms with Gasteiger partial charge < -0.3 is 20.7 Å². The molecule has 0 bridgehead atoms. The van der Waals surface area contributed by atoms with Crippen LogP contribution in [0.1, 0.15) is 6.92 Å². The van der Waals surface area contributed by atoms with Crippen LogP contribution < -0.4 is 15.8 Å². The molecule has 0 radical (unpaired) electrons. The molecule has 0 spiro atoms. The number of primary amides is 1. The highest BCUT2D eigenvalue weighted by Gasteiger charge is 2.29. The number of fused-ring (bicyclic) bond motifs is 1. The standard InChI is InChI=1S/C13H17N3O3/c1-2-16(8-12(14)17)13(18)11-7-15-9-5-3-4-6-10(9)19-11/h3-6,11,15H,2,7-8H2,1H3,(H2,14,17). The maximum Gasteiger partial charge on any atom is 0.265 e. The largest absolute Gasteiger partial charge is 0.477 e. The van der Waals surface area contributed by atoms with Crippen molar-refractivity contribution in [2.75, 3.05) is 25.0 Å². The number of nitrogens with one attached hydrogen (secondary N) is 1. The van der Waals surface area contributed by atoms with E-state index in [1.807, 2.05) is 18.2 Å². The van der Waals surface area contributed by atoms with Crippen molar-refractivity contribution < 1.29 is 14.3 Å². The molecule has 1 aliphatic heterocycles. The molecule has 1 aromatic rings. The molecule has 0 saturated heterocycles. The van der Waals surface area contributed by atoms with E-state index in [0.29, 0.717) is 18.8 Å². The van der Waals surface area contributed by atoms with Gasteiger partial charge in [-0.1, -0.05) is 12.1 Å². The first kappa shape index (κ1) is 13.2. The Morgan fingerprint density at radius 1 is 1.47 bits per heavy atom. The fourth-order valence-electron chi connectivity index (χ4n) is 1.99. The van der Waals surface area contributed by atoms with Gasteiger partial charge in [0, 0.05) is 6.54 Å². The minimum absolute atomic E-state index is 0.0865. The van der Waals surface area contributed by atoms with Crippen LogP contribution >= 0.6 is 0 Å². The van der Waals surface area contributed by atoms with E-state index in [1.54, 1.807) is 13.0 Å². The van der Waals surface area contributed by atoms with Gasteiger partial charge in [0.15, 0.2) is 6.10 Å². The molecule has 6 heteroatoms. The number of likely N-dealkylation sites (N-methyl/N-ethyl adjacent to an activating group) is 1. The normalized spacial score (nSPS) is 16.8. The van der Waals surface area contributed by atoms with Crippen LogP contribution in [0.25, 0.3) is 0 Å². The molecule has 6 nitrogen and oxygen atoms in total. The molecule has 0 aliphatic carbocycles. The Balaban J connectivity index is 2.07. The molecule has 19 heavy (non-hydrogen) atoms. The summed E-state index contributed by atoms with van der Waals surface area (Å²) in [4.78, 5) is 24.5. The second kappa shape index (κ2) is 5.60. The zero-order chi connectivity index (χ0) is 13.8. The third-order valence-corrected chi connectivity index (χ3v) is 2.95. The van der Waals surface area contributed by atoms with Crippen molar-refractivity contribution in [3.63, 3.8) is 0 Å². The number of benzene rings is 1. The number of carbonyl (C=O) groups excluding carboxylic acids is 2. The molecule has 3 N–H and O–H groups in total. The lowest BCUT2D eigenvalue weighted by Gasteiger charge is -2.30. The SMILES string of the molecule is CCN(CC(N)=O)C(=O)C1CNc2ccccc2O1. The van der Waals surface area contributed by atoms with Crippen molar-refractivity contribution in [2.45, 2.75) is 13.0 Å². The van der Waals surface area contributed by atoms with Crippen LogP contribution in [0.5, 0.6) is 5.75 Å².